The Labute approximate surface area is 87.7 Å². The number of rotatable bonds is 3. The molecular weight excluding hydrogens is 195 g/mol. The Morgan fingerprint density at radius 1 is 1.53 bits per heavy atom. The predicted octanol–water partition coefficient (Wildman–Crippen LogP) is 1.82. The van der Waals surface area contributed by atoms with Crippen LogP contribution in [0, 0.1) is 5.82 Å². The van der Waals surface area contributed by atoms with E-state index in [1.54, 1.807) is 12.1 Å². The maximum atomic E-state index is 13.3. The van der Waals surface area contributed by atoms with Crippen LogP contribution in [0.1, 0.15) is 24.9 Å². The summed E-state index contributed by atoms with van der Waals surface area (Å²) in [5.41, 5.74) is 1.02. The van der Waals surface area contributed by atoms with E-state index in [1.807, 2.05) is 6.92 Å². The maximum absolute atomic E-state index is 13.3. The molecule has 1 aromatic rings. The number of hydrogen-bond acceptors (Lipinski definition) is 2. The number of carbonyl (C=O) groups is 1. The molecule has 4 heteroatoms. The van der Waals surface area contributed by atoms with Crippen LogP contribution in [-0.2, 0) is 4.79 Å². The van der Waals surface area contributed by atoms with E-state index >= 15 is 0 Å². The van der Waals surface area contributed by atoms with Crippen LogP contribution in [-0.4, -0.2) is 12.5 Å². The summed E-state index contributed by atoms with van der Waals surface area (Å²) in [5, 5.41) is 5.63. The van der Waals surface area contributed by atoms with E-state index in [-0.39, 0.29) is 11.7 Å². The van der Waals surface area contributed by atoms with Gasteiger partial charge < -0.3 is 10.6 Å². The summed E-state index contributed by atoms with van der Waals surface area (Å²) in [6.07, 6.45) is 0.939. The van der Waals surface area contributed by atoms with Crippen LogP contribution in [0.5, 0.6) is 0 Å². The summed E-state index contributed by atoms with van der Waals surface area (Å²) < 4.78 is 13.3. The van der Waals surface area contributed by atoms with E-state index in [4.69, 9.17) is 0 Å². The van der Waals surface area contributed by atoms with Gasteiger partial charge in [-0.15, -0.1) is 0 Å². The highest BCUT2D eigenvalue weighted by molar-refractivity contribution is 6.02. The van der Waals surface area contributed by atoms with Gasteiger partial charge in [0, 0.05) is 5.56 Å². The second kappa shape index (κ2) is 3.98. The number of hydrogen-bond donors (Lipinski definition) is 2. The van der Waals surface area contributed by atoms with Gasteiger partial charge in [-0.2, -0.15) is 0 Å². The van der Waals surface area contributed by atoms with Gasteiger partial charge in [0.2, 0.25) is 5.91 Å². The minimum absolute atomic E-state index is 0.177. The van der Waals surface area contributed by atoms with Crippen molar-refractivity contribution in [3.05, 3.63) is 29.6 Å². The number of anilines is 1. The smallest absolute Gasteiger partial charge is 0.246 e. The topological polar surface area (TPSA) is 41.1 Å². The molecule has 0 saturated carbocycles. The molecule has 0 spiro atoms. The first-order chi connectivity index (χ1) is 7.24. The van der Waals surface area contributed by atoms with E-state index in [0.29, 0.717) is 11.3 Å². The molecule has 80 valence electrons. The van der Waals surface area contributed by atoms with Crippen molar-refractivity contribution >= 4 is 11.6 Å². The first-order valence-electron chi connectivity index (χ1n) is 5.06. The van der Waals surface area contributed by atoms with Gasteiger partial charge >= 0.3 is 0 Å². The van der Waals surface area contributed by atoms with Crippen LogP contribution >= 0.6 is 0 Å². The lowest BCUT2D eigenvalue weighted by Gasteiger charge is -2.09. The van der Waals surface area contributed by atoms with Gasteiger partial charge in [-0.05, 0) is 19.0 Å². The summed E-state index contributed by atoms with van der Waals surface area (Å²) >= 11 is 0. The lowest BCUT2D eigenvalue weighted by molar-refractivity contribution is -0.117. The number of fused-ring (bicyclic) bond motifs is 1. The van der Waals surface area contributed by atoms with Gasteiger partial charge in [0.05, 0.1) is 5.69 Å². The molecule has 0 aromatic heterocycles. The number of carbonyl (C=O) groups excluding carboxylic acids is 1. The summed E-state index contributed by atoms with van der Waals surface area (Å²) in [7, 11) is 0. The fraction of sp³-hybridized carbons (Fsp3) is 0.364. The third-order valence-corrected chi connectivity index (χ3v) is 2.47. The summed E-state index contributed by atoms with van der Waals surface area (Å²) in [6, 6.07) is 4.33. The number of benzene rings is 1. The monoisotopic (exact) mass is 208 g/mol. The predicted molar refractivity (Wildman–Crippen MR) is 56.1 cm³/mol. The molecule has 1 atom stereocenters. The Morgan fingerprint density at radius 2 is 2.33 bits per heavy atom. The van der Waals surface area contributed by atoms with Crippen molar-refractivity contribution in [2.45, 2.75) is 19.4 Å². The van der Waals surface area contributed by atoms with Gasteiger partial charge in [0.1, 0.15) is 11.9 Å². The molecule has 3 nitrogen and oxygen atoms in total. The Hall–Kier alpha value is -1.42. The first-order valence-corrected chi connectivity index (χ1v) is 5.06. The lowest BCUT2D eigenvalue weighted by atomic mass is 10.1. The zero-order chi connectivity index (χ0) is 10.8. The Balaban J connectivity index is 2.29. The van der Waals surface area contributed by atoms with Crippen LogP contribution in [0.4, 0.5) is 10.1 Å². The standard InChI is InChI=1S/C11H13FN2O/c1-2-6-13-10-7-4-3-5-8(12)9(7)14-11(10)15/h3-5,10,13H,2,6H2,1H3,(H,14,15). The summed E-state index contributed by atoms with van der Waals surface area (Å²) in [5.74, 6) is -0.551. The molecule has 1 unspecified atom stereocenters. The van der Waals surface area contributed by atoms with Crippen LogP contribution < -0.4 is 10.6 Å². The van der Waals surface area contributed by atoms with Crippen LogP contribution in [0.2, 0.25) is 0 Å². The van der Waals surface area contributed by atoms with E-state index in [2.05, 4.69) is 10.6 Å². The fourth-order valence-corrected chi connectivity index (χ4v) is 1.74. The van der Waals surface area contributed by atoms with E-state index in [1.165, 1.54) is 6.07 Å². The summed E-state index contributed by atoms with van der Waals surface area (Å²) in [6.45, 7) is 2.76. The molecule has 0 saturated heterocycles. The molecule has 2 rings (SSSR count). The zero-order valence-electron chi connectivity index (χ0n) is 8.51. The SMILES string of the molecule is CCCNC1C(=O)Nc2c(F)cccc21. The highest BCUT2D eigenvalue weighted by Gasteiger charge is 2.31. The van der Waals surface area contributed by atoms with Gasteiger partial charge in [-0.25, -0.2) is 4.39 Å². The van der Waals surface area contributed by atoms with Crippen molar-refractivity contribution in [3.63, 3.8) is 0 Å². The Bertz CT molecular complexity index is 392. The molecule has 15 heavy (non-hydrogen) atoms. The minimum atomic E-state index is -0.407. The van der Waals surface area contributed by atoms with Crippen molar-refractivity contribution in [2.75, 3.05) is 11.9 Å². The molecule has 1 aliphatic heterocycles. The zero-order valence-corrected chi connectivity index (χ0v) is 8.51. The van der Waals surface area contributed by atoms with Crippen molar-refractivity contribution in [1.29, 1.82) is 0 Å². The minimum Gasteiger partial charge on any atom is -0.322 e. The lowest BCUT2D eigenvalue weighted by Crippen LogP contribution is -2.27. The van der Waals surface area contributed by atoms with Crippen molar-refractivity contribution in [1.82, 2.24) is 5.32 Å². The highest BCUT2D eigenvalue weighted by Crippen LogP contribution is 2.32. The molecule has 1 amide bonds. The molecule has 2 N–H and O–H groups in total. The normalized spacial score (nSPS) is 18.8. The van der Waals surface area contributed by atoms with Crippen LogP contribution in [0.25, 0.3) is 0 Å². The molecule has 0 radical (unpaired) electrons. The number of halogens is 1. The van der Waals surface area contributed by atoms with E-state index in [0.717, 1.165) is 13.0 Å². The number of amides is 1. The molecule has 1 aromatic carbocycles. The quantitative estimate of drug-likeness (QED) is 0.795. The molecule has 0 aliphatic carbocycles. The second-order valence-electron chi connectivity index (χ2n) is 3.58. The molecular formula is C11H13FN2O. The fourth-order valence-electron chi connectivity index (χ4n) is 1.74. The molecule has 0 bridgehead atoms. The van der Waals surface area contributed by atoms with Crippen molar-refractivity contribution in [3.8, 4) is 0 Å². The van der Waals surface area contributed by atoms with Crippen LogP contribution in [0.15, 0.2) is 18.2 Å². The van der Waals surface area contributed by atoms with E-state index < -0.39 is 6.04 Å². The Morgan fingerprint density at radius 3 is 3.07 bits per heavy atom. The van der Waals surface area contributed by atoms with Crippen LogP contribution in [0.3, 0.4) is 0 Å². The number of nitrogens with one attached hydrogen (secondary N) is 2. The highest BCUT2D eigenvalue weighted by atomic mass is 19.1. The average molecular weight is 208 g/mol. The molecule has 0 fully saturated rings. The summed E-state index contributed by atoms with van der Waals surface area (Å²) in [4.78, 5) is 11.5. The number of para-hydroxylation sites is 1. The van der Waals surface area contributed by atoms with Crippen molar-refractivity contribution < 1.29 is 9.18 Å². The first kappa shape index (κ1) is 10.1. The maximum Gasteiger partial charge on any atom is 0.246 e. The second-order valence-corrected chi connectivity index (χ2v) is 3.58. The van der Waals surface area contributed by atoms with Gasteiger partial charge in [-0.1, -0.05) is 19.1 Å². The third-order valence-electron chi connectivity index (χ3n) is 2.47. The van der Waals surface area contributed by atoms with Crippen molar-refractivity contribution in [2.24, 2.45) is 0 Å². The molecule has 1 aliphatic rings. The third kappa shape index (κ3) is 1.72. The van der Waals surface area contributed by atoms with Gasteiger partial charge in [-0.3, -0.25) is 4.79 Å². The largest absolute Gasteiger partial charge is 0.322 e. The van der Waals surface area contributed by atoms with Gasteiger partial charge in [0.25, 0.3) is 0 Å². The Kier molecular flexibility index (Phi) is 2.68. The van der Waals surface area contributed by atoms with E-state index in [9.17, 15) is 9.18 Å². The van der Waals surface area contributed by atoms with Gasteiger partial charge in [0.15, 0.2) is 0 Å². The molecule has 1 heterocycles. The average Bonchev–Trinajstić information content (AvgIpc) is 2.54.